The van der Waals surface area contributed by atoms with Crippen LogP contribution >= 0.6 is 18.6 Å². The second-order valence-corrected chi connectivity index (χ2v) is 20.0. The zero-order valence-electron chi connectivity index (χ0n) is 18.7. The molecule has 0 aromatic heterocycles. The highest BCUT2D eigenvalue weighted by molar-refractivity contribution is 8.21. The molecule has 0 atom stereocenters. The van der Waals surface area contributed by atoms with Gasteiger partial charge in [-0.2, -0.15) is 0 Å². The Morgan fingerprint density at radius 1 is 0.412 bits per heavy atom. The molecule has 0 aliphatic heterocycles. The molecular weight excluding hydrogens is 483 g/mol. The Kier molecular flexibility index (Phi) is 7.53. The molecule has 0 aliphatic rings. The minimum absolute atomic E-state index is 0.585. The Morgan fingerprint density at radius 3 is 1.09 bits per heavy atom. The lowest BCUT2D eigenvalue weighted by atomic mass is 10.4. The molecule has 0 unspecified atom stereocenters. The van der Waals surface area contributed by atoms with Crippen LogP contribution in [-0.4, -0.2) is 16.9 Å². The van der Waals surface area contributed by atoms with Gasteiger partial charge in [0.25, 0.3) is 0 Å². The summed E-state index contributed by atoms with van der Waals surface area (Å²) >= 11 is 6.62. The summed E-state index contributed by atoms with van der Waals surface area (Å²) in [6.07, 6.45) is 0. The van der Waals surface area contributed by atoms with E-state index in [2.05, 4.69) is 140 Å². The second kappa shape index (κ2) is 11.1. The lowest BCUT2D eigenvalue weighted by Crippen LogP contribution is -2.53. The Labute approximate surface area is 211 Å². The molecule has 0 fully saturated rings. The highest BCUT2D eigenvalue weighted by atomic mass is 35.5. The van der Waals surface area contributed by atoms with Crippen molar-refractivity contribution < 1.29 is 0 Å². The van der Waals surface area contributed by atoms with Crippen molar-refractivity contribution in [3.05, 3.63) is 151 Å². The average molecular weight is 507 g/mol. The molecule has 34 heavy (non-hydrogen) atoms. The molecule has 5 aromatic rings. The van der Waals surface area contributed by atoms with Gasteiger partial charge in [0.2, 0.25) is 0 Å². The van der Waals surface area contributed by atoms with E-state index in [-0.39, 0.29) is 0 Å². The zero-order valence-corrected chi connectivity index (χ0v) is 22.3. The maximum absolute atomic E-state index is 6.62. The van der Waals surface area contributed by atoms with Gasteiger partial charge in [-0.15, -0.1) is 0 Å². The predicted octanol–water partition coefficient (Wildman–Crippen LogP) is 5.06. The SMILES string of the molecule is Clc1cccc(P([Si](c2ccccc2)c2ccccc2)[Si](c2ccccc2)c2ccccc2)c1. The molecule has 4 heteroatoms. The second-order valence-electron chi connectivity index (χ2n) is 7.98. The first-order valence-electron chi connectivity index (χ1n) is 11.3. The van der Waals surface area contributed by atoms with Crippen LogP contribution in [0.25, 0.3) is 0 Å². The number of hydrogen-bond acceptors (Lipinski definition) is 0. The fourth-order valence-electron chi connectivity index (χ4n) is 4.22. The number of hydrogen-bond donors (Lipinski definition) is 0. The molecule has 0 spiro atoms. The molecule has 5 aromatic carbocycles. The van der Waals surface area contributed by atoms with Gasteiger partial charge < -0.3 is 0 Å². The summed E-state index contributed by atoms with van der Waals surface area (Å²) in [5, 5.41) is 8.04. The number of rotatable bonds is 7. The van der Waals surface area contributed by atoms with Gasteiger partial charge in [0, 0.05) is 5.02 Å². The van der Waals surface area contributed by atoms with Gasteiger partial charge in [-0.3, -0.25) is 0 Å². The molecule has 5 rings (SSSR count). The van der Waals surface area contributed by atoms with Crippen LogP contribution in [0.5, 0.6) is 0 Å². The van der Waals surface area contributed by atoms with E-state index in [0.29, 0.717) is 0 Å². The van der Waals surface area contributed by atoms with Crippen molar-refractivity contribution in [3.63, 3.8) is 0 Å². The van der Waals surface area contributed by atoms with E-state index in [0.717, 1.165) is 5.02 Å². The normalized spacial score (nSPS) is 11.3. The van der Waals surface area contributed by atoms with Crippen LogP contribution in [-0.2, 0) is 0 Å². The quantitative estimate of drug-likeness (QED) is 0.214. The van der Waals surface area contributed by atoms with Gasteiger partial charge in [0.15, 0.2) is 16.9 Å². The van der Waals surface area contributed by atoms with E-state index in [1.165, 1.54) is 26.1 Å². The standard InChI is InChI=1S/C30H24ClPSi2/c31-25-14-13-15-26(24-25)32(33(27-16-5-1-6-17-27)28-18-7-2-8-19-28)34(29-20-9-3-10-21-29)30-22-11-4-12-23-30/h1-24H. The molecule has 0 nitrogen and oxygen atoms in total. The molecular formula is C30H24ClPSi2. The first-order valence-corrected chi connectivity index (χ1v) is 17.7. The van der Waals surface area contributed by atoms with E-state index in [1.54, 1.807) is 0 Å². The Balaban J connectivity index is 1.80. The summed E-state index contributed by atoms with van der Waals surface area (Å²) < 4.78 is 0. The molecule has 0 amide bonds. The summed E-state index contributed by atoms with van der Waals surface area (Å²) in [5.41, 5.74) is 0. The molecule has 0 bridgehead atoms. The largest absolute Gasteiger partial charge is 0.151 e. The van der Waals surface area contributed by atoms with Crippen molar-refractivity contribution in [2.75, 3.05) is 0 Å². The van der Waals surface area contributed by atoms with Crippen molar-refractivity contribution >= 4 is 61.6 Å². The predicted molar refractivity (Wildman–Crippen MR) is 154 cm³/mol. The zero-order chi connectivity index (χ0) is 23.2. The molecule has 0 N–H and O–H groups in total. The van der Waals surface area contributed by atoms with E-state index in [1.807, 2.05) is 6.07 Å². The van der Waals surface area contributed by atoms with E-state index >= 15 is 0 Å². The van der Waals surface area contributed by atoms with Gasteiger partial charge in [-0.1, -0.05) is 173 Å². The van der Waals surface area contributed by atoms with Crippen LogP contribution in [0.15, 0.2) is 146 Å². The van der Waals surface area contributed by atoms with E-state index < -0.39 is 23.9 Å². The summed E-state index contributed by atoms with van der Waals surface area (Å²) in [6, 6.07) is 53.3. The highest BCUT2D eigenvalue weighted by Crippen LogP contribution is 2.41. The van der Waals surface area contributed by atoms with Crippen molar-refractivity contribution in [3.8, 4) is 0 Å². The molecule has 0 saturated heterocycles. The third-order valence-corrected chi connectivity index (χ3v) is 22.5. The van der Waals surface area contributed by atoms with Gasteiger partial charge in [0.1, 0.15) is 0 Å². The number of benzene rings is 5. The summed E-state index contributed by atoms with van der Waals surface area (Å²) in [7, 11) is -2.88. The van der Waals surface area contributed by atoms with E-state index in [9.17, 15) is 0 Å². The first kappa shape index (κ1) is 23.0. The van der Waals surface area contributed by atoms with Crippen LogP contribution in [0.1, 0.15) is 0 Å². The summed E-state index contributed by atoms with van der Waals surface area (Å²) in [4.78, 5) is 0. The molecule has 0 heterocycles. The number of halogens is 1. The fraction of sp³-hybridized carbons (Fsp3) is 0. The van der Waals surface area contributed by atoms with Crippen LogP contribution in [0.4, 0.5) is 0 Å². The Hall–Kier alpha value is -2.75. The van der Waals surface area contributed by atoms with E-state index in [4.69, 9.17) is 11.6 Å². The third kappa shape index (κ3) is 5.16. The van der Waals surface area contributed by atoms with Crippen molar-refractivity contribution in [1.29, 1.82) is 0 Å². The van der Waals surface area contributed by atoms with Crippen LogP contribution < -0.4 is 26.1 Å². The van der Waals surface area contributed by atoms with Gasteiger partial charge >= 0.3 is 0 Å². The minimum Gasteiger partial charge on any atom is -0.0843 e. The average Bonchev–Trinajstić information content (AvgIpc) is 2.91. The monoisotopic (exact) mass is 506 g/mol. The van der Waals surface area contributed by atoms with Crippen LogP contribution in [0.3, 0.4) is 0 Å². The first-order chi connectivity index (χ1) is 16.8. The molecule has 164 valence electrons. The van der Waals surface area contributed by atoms with Gasteiger partial charge in [-0.05, 0) is 17.4 Å². The smallest absolute Gasteiger partial charge is 0.0843 e. The van der Waals surface area contributed by atoms with Crippen molar-refractivity contribution in [2.45, 2.75) is 0 Å². The lowest BCUT2D eigenvalue weighted by Gasteiger charge is -2.34. The summed E-state index contributed by atoms with van der Waals surface area (Å²) in [5.74, 6) is 0. The molecule has 2 radical (unpaired) electrons. The van der Waals surface area contributed by atoms with Crippen LogP contribution in [0, 0.1) is 0 Å². The fourth-order valence-corrected chi connectivity index (χ4v) is 24.1. The molecule has 0 saturated carbocycles. The van der Waals surface area contributed by atoms with Crippen molar-refractivity contribution in [2.24, 2.45) is 0 Å². The van der Waals surface area contributed by atoms with Crippen molar-refractivity contribution in [1.82, 2.24) is 0 Å². The Morgan fingerprint density at radius 2 is 0.765 bits per heavy atom. The highest BCUT2D eigenvalue weighted by Gasteiger charge is 2.37. The topological polar surface area (TPSA) is 0 Å². The minimum atomic E-state index is -1.15. The maximum Gasteiger partial charge on any atom is 0.151 e. The summed E-state index contributed by atoms with van der Waals surface area (Å²) in [6.45, 7) is 0. The maximum atomic E-state index is 6.62. The van der Waals surface area contributed by atoms with Gasteiger partial charge in [0.05, 0.1) is 0 Å². The van der Waals surface area contributed by atoms with Crippen LogP contribution in [0.2, 0.25) is 5.02 Å². The molecule has 0 aliphatic carbocycles. The lowest BCUT2D eigenvalue weighted by molar-refractivity contribution is 1.73. The third-order valence-electron chi connectivity index (χ3n) is 5.70. The Bertz CT molecular complexity index is 1150. The van der Waals surface area contributed by atoms with Gasteiger partial charge in [-0.25, -0.2) is 0 Å².